The van der Waals surface area contributed by atoms with Crippen LogP contribution in [-0.4, -0.2) is 30.9 Å². The van der Waals surface area contributed by atoms with Gasteiger partial charge in [-0.1, -0.05) is 127 Å². The highest BCUT2D eigenvalue weighted by Gasteiger charge is 2.50. The molecule has 346 valence electrons. The van der Waals surface area contributed by atoms with Crippen LogP contribution in [0.2, 0.25) is 0 Å². The lowest BCUT2D eigenvalue weighted by Gasteiger charge is -2.58. The van der Waals surface area contributed by atoms with Crippen molar-refractivity contribution in [1.29, 1.82) is 0 Å². The SMILES string of the molecule is c1ccc(-c2ccc(N3c4cc(N5C6CC7CC(C6)CC5C7)ccc4B4c5ccc(N6C7CC8CC(C7)CC6C8)cc5N(c5ccc(-c6ccccc6)cc5)c5cc(-c6ccccc6)cc3c54)cc2)cc1. The monoisotopic (exact) mass is 918 g/mol. The summed E-state index contributed by atoms with van der Waals surface area (Å²) in [6.07, 6.45) is 13.7. The Kier molecular flexibility index (Phi) is 9.04. The maximum absolute atomic E-state index is 2.89. The van der Waals surface area contributed by atoms with Crippen molar-refractivity contribution in [3.05, 3.63) is 188 Å². The van der Waals surface area contributed by atoms with Crippen LogP contribution in [-0.2, 0) is 0 Å². The van der Waals surface area contributed by atoms with Crippen molar-refractivity contribution < 1.29 is 0 Å². The van der Waals surface area contributed by atoms with Gasteiger partial charge in [0.2, 0.25) is 0 Å². The van der Waals surface area contributed by atoms with Crippen molar-refractivity contribution in [2.45, 2.75) is 88.4 Å². The van der Waals surface area contributed by atoms with E-state index < -0.39 is 0 Å². The van der Waals surface area contributed by atoms with Crippen LogP contribution in [0.1, 0.15) is 64.2 Å². The first-order valence-corrected chi connectivity index (χ1v) is 27.1. The third-order valence-electron chi connectivity index (χ3n) is 19.0. The van der Waals surface area contributed by atoms with E-state index in [2.05, 4.69) is 208 Å². The third-order valence-corrected chi connectivity index (χ3v) is 19.0. The molecule has 8 aromatic carbocycles. The number of anilines is 8. The summed E-state index contributed by atoms with van der Waals surface area (Å²) in [6, 6.07) is 74.8. The van der Waals surface area contributed by atoms with Gasteiger partial charge >= 0.3 is 0 Å². The number of piperidine rings is 4. The van der Waals surface area contributed by atoms with E-state index in [1.807, 2.05) is 0 Å². The van der Waals surface area contributed by atoms with E-state index in [1.54, 1.807) is 0 Å². The first-order valence-electron chi connectivity index (χ1n) is 27.1. The molecule has 6 heterocycles. The molecule has 8 aromatic rings. The molecule has 0 N–H and O–H groups in total. The molecular formula is C66H59BN4. The second-order valence-electron chi connectivity index (χ2n) is 23.0. The summed E-state index contributed by atoms with van der Waals surface area (Å²) in [5.74, 6) is 3.63. The lowest BCUT2D eigenvalue weighted by molar-refractivity contribution is 0.0899. The van der Waals surface area contributed by atoms with E-state index >= 15 is 0 Å². The first-order chi connectivity index (χ1) is 35.1. The topological polar surface area (TPSA) is 13.0 Å². The minimum absolute atomic E-state index is 0.0552. The molecule has 10 aliphatic rings. The molecule has 4 nitrogen and oxygen atoms in total. The normalized spacial score (nSPS) is 25.9. The molecular weight excluding hydrogens is 860 g/mol. The summed E-state index contributed by atoms with van der Waals surface area (Å²) in [5.41, 5.74) is 22.0. The Labute approximate surface area is 419 Å². The molecule has 0 amide bonds. The fraction of sp³-hybridized carbons (Fsp3) is 0.273. The minimum atomic E-state index is 0.0552. The fourth-order valence-corrected chi connectivity index (χ4v) is 16.4. The molecule has 4 aliphatic carbocycles. The van der Waals surface area contributed by atoms with Crippen molar-refractivity contribution in [2.75, 3.05) is 19.6 Å². The number of hydrogen-bond acceptors (Lipinski definition) is 4. The summed E-state index contributed by atoms with van der Waals surface area (Å²) >= 11 is 0. The number of hydrogen-bond donors (Lipinski definition) is 0. The summed E-state index contributed by atoms with van der Waals surface area (Å²) in [6.45, 7) is 0.0552. The van der Waals surface area contributed by atoms with E-state index in [1.165, 1.54) is 159 Å². The van der Waals surface area contributed by atoms with Crippen molar-refractivity contribution in [1.82, 2.24) is 0 Å². The molecule has 0 atom stereocenters. The largest absolute Gasteiger partial charge is 0.365 e. The molecule has 5 heteroatoms. The lowest BCUT2D eigenvalue weighted by Crippen LogP contribution is -2.62. The predicted molar refractivity (Wildman–Crippen MR) is 297 cm³/mol. The third kappa shape index (κ3) is 6.43. The Morgan fingerprint density at radius 1 is 0.282 bits per heavy atom. The van der Waals surface area contributed by atoms with Gasteiger partial charge in [0.05, 0.1) is 0 Å². The van der Waals surface area contributed by atoms with Gasteiger partial charge in [-0.25, -0.2) is 0 Å². The van der Waals surface area contributed by atoms with E-state index in [0.717, 1.165) is 23.7 Å². The summed E-state index contributed by atoms with van der Waals surface area (Å²) < 4.78 is 0. The molecule has 0 aromatic heterocycles. The van der Waals surface area contributed by atoms with Crippen LogP contribution < -0.4 is 36.0 Å². The maximum Gasteiger partial charge on any atom is 0.252 e. The van der Waals surface area contributed by atoms with E-state index in [-0.39, 0.29) is 6.71 Å². The Hall–Kier alpha value is -6.98. The standard InChI is InChI=1S/C66H59BN4/c1-4-10-46(11-5-1)49-16-20-52(21-17-49)70-62-40-54(68-56-30-42-28-43(32-56)33-57(68)31-42)24-26-60(62)67-61-27-25-55(69-58-34-44-29-45(36-58)37-59(69)35-44)41-63(61)71(53-22-18-50(19-23-53)47-12-6-2-7-13-47)65-39-51(38-64(70)66(65)67)48-14-8-3-9-15-48/h1-27,38-45,56-59H,28-37H2. The highest BCUT2D eigenvalue weighted by molar-refractivity contribution is 7.00. The van der Waals surface area contributed by atoms with E-state index in [4.69, 9.17) is 0 Å². The minimum Gasteiger partial charge on any atom is -0.365 e. The number of rotatable bonds is 7. The molecule has 4 saturated heterocycles. The van der Waals surface area contributed by atoms with Gasteiger partial charge in [-0.05, 0) is 198 Å². The molecule has 4 saturated carbocycles. The van der Waals surface area contributed by atoms with Gasteiger partial charge in [0.1, 0.15) is 0 Å². The van der Waals surface area contributed by atoms with Gasteiger partial charge in [0.15, 0.2) is 0 Å². The van der Waals surface area contributed by atoms with Crippen molar-refractivity contribution in [3.63, 3.8) is 0 Å². The zero-order valence-electron chi connectivity index (χ0n) is 40.5. The van der Waals surface area contributed by atoms with Crippen LogP contribution in [0.3, 0.4) is 0 Å². The molecule has 0 radical (unpaired) electrons. The van der Waals surface area contributed by atoms with Gasteiger partial charge in [-0.3, -0.25) is 0 Å². The van der Waals surface area contributed by atoms with Crippen molar-refractivity contribution in [2.24, 2.45) is 23.7 Å². The van der Waals surface area contributed by atoms with Crippen molar-refractivity contribution >= 4 is 68.6 Å². The van der Waals surface area contributed by atoms with Crippen LogP contribution >= 0.6 is 0 Å². The van der Waals surface area contributed by atoms with E-state index in [0.29, 0.717) is 24.2 Å². The average molecular weight is 919 g/mol. The summed E-state index contributed by atoms with van der Waals surface area (Å²) in [7, 11) is 0. The summed E-state index contributed by atoms with van der Waals surface area (Å²) in [4.78, 5) is 11.1. The van der Waals surface area contributed by atoms with Gasteiger partial charge in [0.25, 0.3) is 6.71 Å². The van der Waals surface area contributed by atoms with Crippen molar-refractivity contribution in [3.8, 4) is 33.4 Å². The summed E-state index contributed by atoms with van der Waals surface area (Å²) in [5, 5.41) is 0. The van der Waals surface area contributed by atoms with E-state index in [9.17, 15) is 0 Å². The quantitative estimate of drug-likeness (QED) is 0.148. The second-order valence-corrected chi connectivity index (χ2v) is 23.0. The molecule has 0 unspecified atom stereocenters. The van der Waals surface area contributed by atoms with Crippen LogP contribution in [0.4, 0.5) is 45.5 Å². The second kappa shape index (κ2) is 15.8. The molecule has 8 bridgehead atoms. The van der Waals surface area contributed by atoms with Gasteiger partial charge in [-0.15, -0.1) is 0 Å². The highest BCUT2D eigenvalue weighted by Crippen LogP contribution is 2.54. The Morgan fingerprint density at radius 2 is 0.606 bits per heavy atom. The Bertz CT molecular complexity index is 3090. The number of fused-ring (bicyclic) bond motifs is 4. The highest BCUT2D eigenvalue weighted by atomic mass is 15.2. The van der Waals surface area contributed by atoms with Crippen LogP contribution in [0.5, 0.6) is 0 Å². The average Bonchev–Trinajstić information content (AvgIpc) is 3.41. The Balaban J connectivity index is 0.936. The lowest BCUT2D eigenvalue weighted by atomic mass is 9.33. The smallest absolute Gasteiger partial charge is 0.252 e. The Morgan fingerprint density at radius 3 is 0.972 bits per heavy atom. The van der Waals surface area contributed by atoms with Gasteiger partial charge < -0.3 is 19.6 Å². The predicted octanol–water partition coefficient (Wildman–Crippen LogP) is 14.3. The maximum atomic E-state index is 2.89. The number of nitrogens with zero attached hydrogens (tertiary/aromatic N) is 4. The first kappa shape index (κ1) is 40.7. The molecule has 0 spiro atoms. The van der Waals surface area contributed by atoms with Crippen LogP contribution in [0.15, 0.2) is 188 Å². The number of benzene rings is 8. The zero-order valence-corrected chi connectivity index (χ0v) is 40.5. The van der Waals surface area contributed by atoms with Gasteiger partial charge in [0, 0.05) is 69.7 Å². The molecule has 71 heavy (non-hydrogen) atoms. The van der Waals surface area contributed by atoms with Gasteiger partial charge in [-0.2, -0.15) is 0 Å². The molecule has 8 fully saturated rings. The molecule has 6 aliphatic heterocycles. The fourth-order valence-electron chi connectivity index (χ4n) is 16.4. The van der Waals surface area contributed by atoms with Crippen LogP contribution in [0, 0.1) is 23.7 Å². The zero-order chi connectivity index (χ0) is 46.3. The molecule has 18 rings (SSSR count). The van der Waals surface area contributed by atoms with Crippen LogP contribution in [0.25, 0.3) is 33.4 Å².